The average Bonchev–Trinajstić information content (AvgIpc) is 3.33. The van der Waals surface area contributed by atoms with Gasteiger partial charge in [0.2, 0.25) is 11.8 Å². The van der Waals surface area contributed by atoms with Crippen molar-refractivity contribution in [1.29, 1.82) is 0 Å². The number of nitrogens with one attached hydrogen (secondary N) is 1. The van der Waals surface area contributed by atoms with E-state index in [0.29, 0.717) is 27.1 Å². The first kappa shape index (κ1) is 35.0. The van der Waals surface area contributed by atoms with E-state index in [2.05, 4.69) is 41.3 Å². The molecule has 2 unspecified atom stereocenters. The highest BCUT2D eigenvalue weighted by atomic mass is 79.9. The summed E-state index contributed by atoms with van der Waals surface area (Å²) in [6.07, 6.45) is 3.67. The number of pyridine rings is 1. The number of piperidine rings is 1. The number of carbonyl (C=O) groups excluding carboxylic acids is 3. The number of phosphoric ester groups is 1. The van der Waals surface area contributed by atoms with Crippen molar-refractivity contribution in [2.75, 3.05) is 25.1 Å². The van der Waals surface area contributed by atoms with Gasteiger partial charge in [0.1, 0.15) is 34.5 Å². The number of halogens is 1. The van der Waals surface area contributed by atoms with Gasteiger partial charge in [-0.05, 0) is 78.9 Å². The number of nitrogens with zero attached hydrogens (tertiary/aromatic N) is 6. The van der Waals surface area contributed by atoms with Crippen molar-refractivity contribution in [3.8, 4) is 11.1 Å². The van der Waals surface area contributed by atoms with Crippen LogP contribution in [-0.4, -0.2) is 79.1 Å². The third-order valence-corrected chi connectivity index (χ3v) is 11.2. The summed E-state index contributed by atoms with van der Waals surface area (Å²) in [5.41, 5.74) is 1.71. The summed E-state index contributed by atoms with van der Waals surface area (Å²) >= 11 is 3.32. The second-order valence-corrected chi connectivity index (χ2v) is 14.7. The van der Waals surface area contributed by atoms with Crippen LogP contribution in [0, 0.1) is 18.3 Å². The van der Waals surface area contributed by atoms with Crippen LogP contribution in [0.25, 0.3) is 22.0 Å². The van der Waals surface area contributed by atoms with Crippen LogP contribution in [0.4, 0.5) is 5.82 Å². The van der Waals surface area contributed by atoms with Crippen LogP contribution >= 0.6 is 23.8 Å². The second kappa shape index (κ2) is 13.8. The molecule has 1 saturated heterocycles. The van der Waals surface area contributed by atoms with Crippen molar-refractivity contribution < 1.29 is 32.5 Å². The zero-order valence-corrected chi connectivity index (χ0v) is 30.2. The van der Waals surface area contributed by atoms with Crippen LogP contribution in [0.5, 0.6) is 0 Å². The number of benzene rings is 1. The SMILES string of the molecule is CCOP(=O)(OCC)OC[C@]12C[C@@H](C(=O)Nc3cccc(Br)n3)N(C(=O)Cn3nc(C(C)=O)c4cc(-c5cnc(C)nc5)ccc43)C1C2C. The topological polar surface area (TPSA) is 168 Å². The van der Waals surface area contributed by atoms with Crippen molar-refractivity contribution >= 4 is 58.1 Å². The Morgan fingerprint density at radius 3 is 2.43 bits per heavy atom. The highest BCUT2D eigenvalue weighted by Gasteiger charge is 2.73. The monoisotopic (exact) mass is 753 g/mol. The lowest BCUT2D eigenvalue weighted by molar-refractivity contribution is -0.138. The zero-order valence-electron chi connectivity index (χ0n) is 27.8. The van der Waals surface area contributed by atoms with Gasteiger partial charge in [0.15, 0.2) is 5.78 Å². The highest BCUT2D eigenvalue weighted by Crippen LogP contribution is 2.66. The summed E-state index contributed by atoms with van der Waals surface area (Å²) < 4.78 is 31.7. The lowest BCUT2D eigenvalue weighted by atomic mass is 9.97. The fraction of sp³-hybridized carbons (Fsp3) is 0.424. The van der Waals surface area contributed by atoms with Crippen LogP contribution in [0.2, 0.25) is 0 Å². The van der Waals surface area contributed by atoms with Crippen molar-refractivity contribution in [1.82, 2.24) is 29.6 Å². The highest BCUT2D eigenvalue weighted by molar-refractivity contribution is 9.10. The number of aromatic nitrogens is 5. The normalized spacial score (nSPS) is 21.5. The van der Waals surface area contributed by atoms with E-state index in [0.717, 1.165) is 11.1 Å². The van der Waals surface area contributed by atoms with Gasteiger partial charge in [0.25, 0.3) is 0 Å². The van der Waals surface area contributed by atoms with Crippen LogP contribution in [-0.2, 0) is 34.3 Å². The summed E-state index contributed by atoms with van der Waals surface area (Å²) in [6.45, 7) is 8.56. The molecule has 0 spiro atoms. The van der Waals surface area contributed by atoms with Crippen molar-refractivity contribution in [2.24, 2.45) is 11.3 Å². The van der Waals surface area contributed by atoms with E-state index in [1.807, 2.05) is 19.1 Å². The first-order valence-electron chi connectivity index (χ1n) is 16.0. The van der Waals surface area contributed by atoms with Crippen LogP contribution in [0.15, 0.2) is 53.4 Å². The molecule has 14 nitrogen and oxygen atoms in total. The van der Waals surface area contributed by atoms with Gasteiger partial charge in [-0.25, -0.2) is 19.5 Å². The lowest BCUT2D eigenvalue weighted by Crippen LogP contribution is -2.47. The minimum Gasteiger partial charge on any atom is -0.325 e. The first-order chi connectivity index (χ1) is 23.4. The van der Waals surface area contributed by atoms with Gasteiger partial charge in [0.05, 0.1) is 25.3 Å². The maximum Gasteiger partial charge on any atom is 0.474 e. The Labute approximate surface area is 291 Å². The smallest absolute Gasteiger partial charge is 0.325 e. The van der Waals surface area contributed by atoms with Gasteiger partial charge in [0, 0.05) is 41.7 Å². The van der Waals surface area contributed by atoms with Gasteiger partial charge in [-0.15, -0.1) is 0 Å². The minimum absolute atomic E-state index is 0.0382. The standard InChI is InChI=1S/C33H37BrN7O7P/c1-6-46-49(45,47-7-2)48-18-33-14-26(32(44)38-28-10-8-9-27(34)37-28)41(31(33)19(33)3)29(43)17-40-25-12-11-22(23-15-35-21(5)36-16-23)13-24(25)30(39-40)20(4)42/h8-13,15-16,19,26,31H,6-7,14,17-18H2,1-5H3,(H,37,38,44)/t19?,26-,31?,33-/m0/s1. The molecule has 2 amide bonds. The number of carbonyl (C=O) groups is 3. The predicted octanol–water partition coefficient (Wildman–Crippen LogP) is 5.60. The maximum absolute atomic E-state index is 14.3. The van der Waals surface area contributed by atoms with Crippen LogP contribution < -0.4 is 5.32 Å². The third-order valence-electron chi connectivity index (χ3n) is 9.18. The molecule has 0 bridgehead atoms. The molecule has 1 N–H and O–H groups in total. The molecule has 49 heavy (non-hydrogen) atoms. The number of Topliss-reactive ketones (excluding diaryl/α,β-unsaturated/α-hetero) is 1. The number of phosphoric acid groups is 1. The number of likely N-dealkylation sites (tertiary alicyclic amines) is 1. The van der Waals surface area contributed by atoms with Crippen molar-refractivity contribution in [3.05, 3.63) is 64.9 Å². The van der Waals surface area contributed by atoms with E-state index in [9.17, 15) is 18.9 Å². The molecular formula is C33H37BrN7O7P. The quantitative estimate of drug-likeness (QED) is 0.102. The van der Waals surface area contributed by atoms with E-state index in [1.165, 1.54) is 11.6 Å². The number of ketones is 1. The van der Waals surface area contributed by atoms with Gasteiger partial charge >= 0.3 is 7.82 Å². The second-order valence-electron chi connectivity index (χ2n) is 12.2. The van der Waals surface area contributed by atoms with Crippen LogP contribution in [0.3, 0.4) is 0 Å². The number of hydrogen-bond acceptors (Lipinski definition) is 11. The zero-order chi connectivity index (χ0) is 35.1. The Morgan fingerprint density at radius 2 is 1.78 bits per heavy atom. The number of fused-ring (bicyclic) bond motifs is 2. The van der Waals surface area contributed by atoms with E-state index in [1.54, 1.807) is 62.3 Å². The molecule has 16 heteroatoms. The van der Waals surface area contributed by atoms with E-state index < -0.39 is 31.2 Å². The fourth-order valence-electron chi connectivity index (χ4n) is 6.78. The van der Waals surface area contributed by atoms with Crippen LogP contribution in [0.1, 0.15) is 50.4 Å². The molecule has 3 aromatic heterocycles. The molecule has 1 saturated carbocycles. The molecule has 1 aliphatic carbocycles. The summed E-state index contributed by atoms with van der Waals surface area (Å²) in [7, 11) is -3.85. The number of amides is 2. The number of hydrogen-bond donors (Lipinski definition) is 1. The molecule has 4 atom stereocenters. The number of rotatable bonds is 13. The van der Waals surface area contributed by atoms with Gasteiger partial charge in [-0.3, -0.25) is 32.6 Å². The first-order valence-corrected chi connectivity index (χ1v) is 18.2. The Balaban J connectivity index is 1.31. The van der Waals surface area contributed by atoms with E-state index in [4.69, 9.17) is 13.6 Å². The van der Waals surface area contributed by atoms with Gasteiger partial charge < -0.3 is 10.2 Å². The Hall–Kier alpha value is -3.88. The maximum atomic E-state index is 14.3. The Morgan fingerprint density at radius 1 is 1.06 bits per heavy atom. The van der Waals surface area contributed by atoms with E-state index in [-0.39, 0.29) is 56.1 Å². The molecule has 0 radical (unpaired) electrons. The molecule has 6 rings (SSSR count). The van der Waals surface area contributed by atoms with E-state index >= 15 is 0 Å². The lowest BCUT2D eigenvalue weighted by Gasteiger charge is -2.28. The minimum atomic E-state index is -3.85. The molecule has 1 aromatic carbocycles. The largest absolute Gasteiger partial charge is 0.474 e. The fourth-order valence-corrected chi connectivity index (χ4v) is 8.38. The molecule has 2 fully saturated rings. The van der Waals surface area contributed by atoms with Gasteiger partial charge in [-0.2, -0.15) is 5.10 Å². The molecule has 1 aliphatic heterocycles. The Bertz CT molecular complexity index is 1960. The third kappa shape index (κ3) is 6.82. The molecule has 4 heterocycles. The number of anilines is 1. The van der Waals surface area contributed by atoms with Gasteiger partial charge in [-0.1, -0.05) is 19.1 Å². The molecule has 258 valence electrons. The molecule has 4 aromatic rings. The number of aryl methyl sites for hydroxylation is 1. The van der Waals surface area contributed by atoms with Crippen molar-refractivity contribution in [3.63, 3.8) is 0 Å². The average molecular weight is 755 g/mol. The summed E-state index contributed by atoms with van der Waals surface area (Å²) in [5, 5.41) is 7.98. The summed E-state index contributed by atoms with van der Waals surface area (Å²) in [5.74, 6) is -0.166. The molecule has 2 aliphatic rings. The molecular weight excluding hydrogens is 717 g/mol. The summed E-state index contributed by atoms with van der Waals surface area (Å²) in [4.78, 5) is 55.3. The Kier molecular flexibility index (Phi) is 9.84. The predicted molar refractivity (Wildman–Crippen MR) is 184 cm³/mol. The van der Waals surface area contributed by atoms with Crippen molar-refractivity contribution in [2.45, 2.75) is 59.7 Å². The summed E-state index contributed by atoms with van der Waals surface area (Å²) in [6, 6.07) is 9.35.